The first-order valence-corrected chi connectivity index (χ1v) is 8.72. The number of likely N-dealkylation sites (N-methyl/N-ethyl adjacent to an activating group) is 1. The van der Waals surface area contributed by atoms with E-state index in [1.807, 2.05) is 19.1 Å². The van der Waals surface area contributed by atoms with Crippen LogP contribution in [0, 0.1) is 13.8 Å². The molecular formula is C18H27ClN2O2. The third-order valence-electron chi connectivity index (χ3n) is 4.86. The summed E-state index contributed by atoms with van der Waals surface area (Å²) < 4.78 is 0. The summed E-state index contributed by atoms with van der Waals surface area (Å²) in [5, 5.41) is 9.81. The van der Waals surface area contributed by atoms with E-state index in [1.165, 1.54) is 16.7 Å². The first-order valence-electron chi connectivity index (χ1n) is 8.34. The van der Waals surface area contributed by atoms with Gasteiger partial charge in [-0.25, -0.2) is 0 Å². The van der Waals surface area contributed by atoms with Gasteiger partial charge >= 0.3 is 5.97 Å². The van der Waals surface area contributed by atoms with Crippen LogP contribution in [0.5, 0.6) is 0 Å². The van der Waals surface area contributed by atoms with Gasteiger partial charge in [0, 0.05) is 17.6 Å². The predicted molar refractivity (Wildman–Crippen MR) is 94.1 cm³/mol. The third kappa shape index (κ3) is 4.93. The Kier molecular flexibility index (Phi) is 6.45. The number of aliphatic carboxylic acids is 1. The summed E-state index contributed by atoms with van der Waals surface area (Å²) in [6.45, 7) is 10.2. The molecule has 0 aromatic heterocycles. The molecule has 1 fully saturated rings. The van der Waals surface area contributed by atoms with Gasteiger partial charge in [0.1, 0.15) is 0 Å². The lowest BCUT2D eigenvalue weighted by molar-refractivity contribution is -0.139. The highest BCUT2D eigenvalue weighted by molar-refractivity contribution is 6.30. The number of benzene rings is 1. The van der Waals surface area contributed by atoms with Crippen molar-refractivity contribution in [1.29, 1.82) is 0 Å². The van der Waals surface area contributed by atoms with Crippen molar-refractivity contribution in [2.24, 2.45) is 0 Å². The fourth-order valence-electron chi connectivity index (χ4n) is 3.53. The zero-order valence-corrected chi connectivity index (χ0v) is 15.1. The molecule has 0 saturated carbocycles. The van der Waals surface area contributed by atoms with Gasteiger partial charge in [0.2, 0.25) is 0 Å². The van der Waals surface area contributed by atoms with Crippen LogP contribution in [0.1, 0.15) is 36.5 Å². The molecule has 0 aliphatic carbocycles. The zero-order chi connectivity index (χ0) is 17.0. The maximum absolute atomic E-state index is 11.0. The van der Waals surface area contributed by atoms with Crippen LogP contribution in [0.2, 0.25) is 5.02 Å². The van der Waals surface area contributed by atoms with Crippen LogP contribution in [-0.2, 0) is 11.3 Å². The van der Waals surface area contributed by atoms with E-state index in [-0.39, 0.29) is 6.54 Å². The van der Waals surface area contributed by atoms with Crippen molar-refractivity contribution in [2.45, 2.75) is 46.2 Å². The average Bonchev–Trinajstić information content (AvgIpc) is 2.49. The second-order valence-electron chi connectivity index (χ2n) is 6.48. The number of likely N-dealkylation sites (tertiary alicyclic amines) is 1. The highest BCUT2D eigenvalue weighted by Gasteiger charge is 2.25. The Hall–Kier alpha value is -1.10. The van der Waals surface area contributed by atoms with Gasteiger partial charge in [0.05, 0.1) is 6.54 Å². The summed E-state index contributed by atoms with van der Waals surface area (Å²) >= 11 is 6.11. The van der Waals surface area contributed by atoms with Crippen LogP contribution in [-0.4, -0.2) is 53.1 Å². The fourth-order valence-corrected chi connectivity index (χ4v) is 3.86. The van der Waals surface area contributed by atoms with Gasteiger partial charge in [0.25, 0.3) is 0 Å². The standard InChI is InChI=1S/C18H27ClN2O2/c1-4-21(12-18(22)23)16-5-7-20(8-6-16)11-17-13(2)9-15(19)10-14(17)3/h9-10,16H,4-8,11-12H2,1-3H3,(H,22,23). The van der Waals surface area contributed by atoms with Crippen molar-refractivity contribution in [2.75, 3.05) is 26.2 Å². The van der Waals surface area contributed by atoms with E-state index in [0.717, 1.165) is 44.0 Å². The molecule has 1 N–H and O–H groups in total. The molecule has 0 spiro atoms. The van der Waals surface area contributed by atoms with E-state index >= 15 is 0 Å². The van der Waals surface area contributed by atoms with Gasteiger partial charge < -0.3 is 5.11 Å². The van der Waals surface area contributed by atoms with Crippen LogP contribution >= 0.6 is 11.6 Å². The number of hydrogen-bond acceptors (Lipinski definition) is 3. The molecule has 1 aliphatic rings. The molecule has 0 unspecified atom stereocenters. The second kappa shape index (κ2) is 8.13. The molecule has 0 amide bonds. The number of hydrogen-bond donors (Lipinski definition) is 1. The molecule has 128 valence electrons. The molecule has 1 heterocycles. The average molecular weight is 339 g/mol. The Morgan fingerprint density at radius 2 is 1.87 bits per heavy atom. The maximum Gasteiger partial charge on any atom is 0.317 e. The molecule has 1 saturated heterocycles. The summed E-state index contributed by atoms with van der Waals surface area (Å²) in [5.74, 6) is -0.735. The molecule has 1 aliphatic heterocycles. The fraction of sp³-hybridized carbons (Fsp3) is 0.611. The molecule has 0 atom stereocenters. The minimum Gasteiger partial charge on any atom is -0.480 e. The molecule has 1 aromatic rings. The SMILES string of the molecule is CCN(CC(=O)O)C1CCN(Cc2c(C)cc(Cl)cc2C)CC1. The highest BCUT2D eigenvalue weighted by atomic mass is 35.5. The van der Waals surface area contributed by atoms with Gasteiger partial charge in [-0.05, 0) is 75.1 Å². The van der Waals surface area contributed by atoms with Crippen molar-refractivity contribution in [3.63, 3.8) is 0 Å². The predicted octanol–water partition coefficient (Wildman–Crippen LogP) is 3.33. The van der Waals surface area contributed by atoms with Crippen molar-refractivity contribution in [3.05, 3.63) is 33.8 Å². The summed E-state index contributed by atoms with van der Waals surface area (Å²) in [4.78, 5) is 15.5. The molecule has 23 heavy (non-hydrogen) atoms. The second-order valence-corrected chi connectivity index (χ2v) is 6.92. The van der Waals surface area contributed by atoms with Gasteiger partial charge in [-0.1, -0.05) is 18.5 Å². The maximum atomic E-state index is 11.0. The third-order valence-corrected chi connectivity index (χ3v) is 5.08. The lowest BCUT2D eigenvalue weighted by Gasteiger charge is -2.37. The monoisotopic (exact) mass is 338 g/mol. The number of halogens is 1. The molecule has 0 bridgehead atoms. The van der Waals surface area contributed by atoms with Gasteiger partial charge in [-0.15, -0.1) is 0 Å². The molecule has 1 aromatic carbocycles. The van der Waals surface area contributed by atoms with E-state index in [0.29, 0.717) is 6.04 Å². The molecular weight excluding hydrogens is 312 g/mol. The van der Waals surface area contributed by atoms with E-state index in [4.69, 9.17) is 16.7 Å². The Morgan fingerprint density at radius 3 is 2.35 bits per heavy atom. The number of carboxylic acids is 1. The molecule has 4 nitrogen and oxygen atoms in total. The van der Waals surface area contributed by atoms with E-state index in [1.54, 1.807) is 0 Å². The number of nitrogens with zero attached hydrogens (tertiary/aromatic N) is 2. The lowest BCUT2D eigenvalue weighted by Crippen LogP contribution is -2.46. The first-order chi connectivity index (χ1) is 10.9. The topological polar surface area (TPSA) is 43.8 Å². The number of carboxylic acid groups (broad SMARTS) is 1. The van der Waals surface area contributed by atoms with Crippen molar-refractivity contribution < 1.29 is 9.90 Å². The van der Waals surface area contributed by atoms with Crippen LogP contribution in [0.3, 0.4) is 0 Å². The van der Waals surface area contributed by atoms with Gasteiger partial charge in [-0.3, -0.25) is 14.6 Å². The lowest BCUT2D eigenvalue weighted by atomic mass is 9.99. The largest absolute Gasteiger partial charge is 0.480 e. The zero-order valence-electron chi connectivity index (χ0n) is 14.3. The van der Waals surface area contributed by atoms with E-state index < -0.39 is 5.97 Å². The minimum absolute atomic E-state index is 0.149. The Labute approximate surface area is 144 Å². The quantitative estimate of drug-likeness (QED) is 0.864. The highest BCUT2D eigenvalue weighted by Crippen LogP contribution is 2.24. The van der Waals surface area contributed by atoms with Crippen molar-refractivity contribution in [1.82, 2.24) is 9.80 Å². The number of piperidine rings is 1. The number of carbonyl (C=O) groups is 1. The number of aryl methyl sites for hydroxylation is 2. The van der Waals surface area contributed by atoms with Gasteiger partial charge in [0.15, 0.2) is 0 Å². The molecule has 2 rings (SSSR count). The summed E-state index contributed by atoms with van der Waals surface area (Å²) in [6.07, 6.45) is 2.07. The van der Waals surface area contributed by atoms with Crippen LogP contribution in [0.25, 0.3) is 0 Å². The van der Waals surface area contributed by atoms with Crippen LogP contribution < -0.4 is 0 Å². The molecule has 5 heteroatoms. The summed E-state index contributed by atoms with van der Waals surface area (Å²) in [7, 11) is 0. The van der Waals surface area contributed by atoms with E-state index in [9.17, 15) is 4.79 Å². The smallest absolute Gasteiger partial charge is 0.317 e. The Balaban J connectivity index is 1.93. The van der Waals surface area contributed by atoms with Crippen LogP contribution in [0.15, 0.2) is 12.1 Å². The number of rotatable bonds is 6. The molecule has 0 radical (unpaired) electrons. The summed E-state index contributed by atoms with van der Waals surface area (Å²) in [6, 6.07) is 4.45. The minimum atomic E-state index is -0.735. The van der Waals surface area contributed by atoms with Crippen LogP contribution in [0.4, 0.5) is 0 Å². The normalized spacial score (nSPS) is 16.9. The Morgan fingerprint density at radius 1 is 1.30 bits per heavy atom. The van der Waals surface area contributed by atoms with Gasteiger partial charge in [-0.2, -0.15) is 0 Å². The Bertz CT molecular complexity index is 531. The van der Waals surface area contributed by atoms with Crippen molar-refractivity contribution in [3.8, 4) is 0 Å². The van der Waals surface area contributed by atoms with Crippen molar-refractivity contribution >= 4 is 17.6 Å². The summed E-state index contributed by atoms with van der Waals surface area (Å²) in [5.41, 5.74) is 3.86. The van der Waals surface area contributed by atoms with E-state index in [2.05, 4.69) is 23.6 Å². The first kappa shape index (κ1) is 18.2.